The van der Waals surface area contributed by atoms with Crippen molar-refractivity contribution in [1.82, 2.24) is 15.1 Å². The van der Waals surface area contributed by atoms with Crippen molar-refractivity contribution in [3.8, 4) is 0 Å². The van der Waals surface area contributed by atoms with Gasteiger partial charge in [0.1, 0.15) is 5.82 Å². The Hall–Kier alpha value is -2.48. The van der Waals surface area contributed by atoms with Gasteiger partial charge in [0.2, 0.25) is 0 Å². The van der Waals surface area contributed by atoms with Gasteiger partial charge in [-0.3, -0.25) is 14.5 Å². The summed E-state index contributed by atoms with van der Waals surface area (Å²) >= 11 is 5.72. The second-order valence-electron chi connectivity index (χ2n) is 7.56. The highest BCUT2D eigenvalue weighted by atomic mass is 35.5. The number of aryl methyl sites for hydroxylation is 1. The average Bonchev–Trinajstić information content (AvgIpc) is 2.73. The molecule has 0 saturated carbocycles. The van der Waals surface area contributed by atoms with Crippen LogP contribution in [-0.2, 0) is 9.59 Å². The molecule has 2 aromatic rings. The van der Waals surface area contributed by atoms with Crippen LogP contribution < -0.4 is 10.6 Å². The normalized spacial score (nSPS) is 16.1. The van der Waals surface area contributed by atoms with Crippen molar-refractivity contribution in [1.29, 1.82) is 0 Å². The summed E-state index contributed by atoms with van der Waals surface area (Å²) in [6, 6.07) is 11.9. The number of carbonyl (C=O) groups excluding carboxylic acids is 2. The van der Waals surface area contributed by atoms with E-state index in [2.05, 4.69) is 39.6 Å². The van der Waals surface area contributed by atoms with Crippen LogP contribution in [0.1, 0.15) is 17.2 Å². The Kier molecular flexibility index (Phi) is 7.42. The lowest BCUT2D eigenvalue weighted by Crippen LogP contribution is -2.49. The van der Waals surface area contributed by atoms with Crippen LogP contribution in [0, 0.1) is 12.7 Å². The van der Waals surface area contributed by atoms with Crippen molar-refractivity contribution >= 4 is 29.1 Å². The molecule has 3 rings (SSSR count). The van der Waals surface area contributed by atoms with Gasteiger partial charge < -0.3 is 15.5 Å². The van der Waals surface area contributed by atoms with E-state index in [9.17, 15) is 14.0 Å². The number of hydrogen-bond donors (Lipinski definition) is 2. The molecule has 30 heavy (non-hydrogen) atoms. The molecule has 1 fully saturated rings. The number of anilines is 1. The summed E-state index contributed by atoms with van der Waals surface area (Å²) in [4.78, 5) is 29.2. The molecule has 2 N–H and O–H groups in total. The second kappa shape index (κ2) is 10.0. The average molecular weight is 433 g/mol. The third kappa shape index (κ3) is 5.78. The molecule has 6 nitrogen and oxygen atoms in total. The number of amides is 2. The van der Waals surface area contributed by atoms with Gasteiger partial charge >= 0.3 is 11.8 Å². The van der Waals surface area contributed by atoms with Crippen LogP contribution in [0.2, 0.25) is 5.02 Å². The zero-order chi connectivity index (χ0) is 21.7. The van der Waals surface area contributed by atoms with Crippen LogP contribution in [0.4, 0.5) is 10.1 Å². The Balaban J connectivity index is 1.65. The maximum atomic E-state index is 13.3. The fraction of sp³-hybridized carbons (Fsp3) is 0.364. The van der Waals surface area contributed by atoms with E-state index in [0.29, 0.717) is 6.54 Å². The fourth-order valence-electron chi connectivity index (χ4n) is 3.41. The molecule has 1 saturated heterocycles. The molecule has 0 aromatic heterocycles. The van der Waals surface area contributed by atoms with E-state index in [-0.39, 0.29) is 16.8 Å². The van der Waals surface area contributed by atoms with Crippen molar-refractivity contribution in [2.45, 2.75) is 13.0 Å². The molecule has 1 heterocycles. The van der Waals surface area contributed by atoms with Crippen LogP contribution in [0.5, 0.6) is 0 Å². The van der Waals surface area contributed by atoms with Crippen LogP contribution >= 0.6 is 11.6 Å². The van der Waals surface area contributed by atoms with Crippen LogP contribution in [0.3, 0.4) is 0 Å². The van der Waals surface area contributed by atoms with Gasteiger partial charge in [-0.1, -0.05) is 41.4 Å². The molecule has 1 atom stereocenters. The van der Waals surface area contributed by atoms with E-state index in [4.69, 9.17) is 11.6 Å². The van der Waals surface area contributed by atoms with E-state index in [0.717, 1.165) is 43.4 Å². The van der Waals surface area contributed by atoms with Crippen molar-refractivity contribution in [3.05, 3.63) is 64.4 Å². The van der Waals surface area contributed by atoms with Crippen molar-refractivity contribution in [2.24, 2.45) is 0 Å². The zero-order valence-electron chi connectivity index (χ0n) is 17.1. The van der Waals surface area contributed by atoms with Gasteiger partial charge in [0.15, 0.2) is 0 Å². The summed E-state index contributed by atoms with van der Waals surface area (Å²) in [7, 11) is 2.09. The molecular weight excluding hydrogens is 407 g/mol. The quantitative estimate of drug-likeness (QED) is 0.713. The van der Waals surface area contributed by atoms with Crippen LogP contribution in [0.25, 0.3) is 0 Å². The largest absolute Gasteiger partial charge is 0.346 e. The van der Waals surface area contributed by atoms with Gasteiger partial charge in [0.05, 0.1) is 11.1 Å². The molecule has 0 unspecified atom stereocenters. The third-order valence-electron chi connectivity index (χ3n) is 5.28. The summed E-state index contributed by atoms with van der Waals surface area (Å²) in [5.74, 6) is -2.16. The zero-order valence-corrected chi connectivity index (χ0v) is 17.9. The second-order valence-corrected chi connectivity index (χ2v) is 7.97. The number of carbonyl (C=O) groups is 2. The number of halogens is 2. The van der Waals surface area contributed by atoms with E-state index in [1.807, 2.05) is 19.1 Å². The minimum absolute atomic E-state index is 0.0312. The fourth-order valence-corrected chi connectivity index (χ4v) is 3.59. The Labute approximate surface area is 181 Å². The van der Waals surface area contributed by atoms with Gasteiger partial charge in [0, 0.05) is 38.4 Å². The molecule has 2 amide bonds. The molecule has 0 radical (unpaired) electrons. The SMILES string of the molecule is Cc1ccc([C@H](CNC(=O)C(=O)Nc2ccc(F)c(Cl)c2)N2CCN(C)CC2)cc1. The number of benzene rings is 2. The summed E-state index contributed by atoms with van der Waals surface area (Å²) < 4.78 is 13.3. The number of likely N-dealkylation sites (N-methyl/N-ethyl adjacent to an activating group) is 1. The number of hydrogen-bond acceptors (Lipinski definition) is 4. The molecule has 8 heteroatoms. The summed E-state index contributed by atoms with van der Waals surface area (Å²) in [5.41, 5.74) is 2.52. The lowest BCUT2D eigenvalue weighted by atomic mass is 10.0. The minimum atomic E-state index is -0.821. The first-order valence-electron chi connectivity index (χ1n) is 9.87. The maximum Gasteiger partial charge on any atom is 0.313 e. The highest BCUT2D eigenvalue weighted by Crippen LogP contribution is 2.22. The van der Waals surface area contributed by atoms with Crippen molar-refractivity contribution in [3.63, 3.8) is 0 Å². The Bertz CT molecular complexity index is 899. The minimum Gasteiger partial charge on any atom is -0.346 e. The molecular formula is C22H26ClFN4O2. The third-order valence-corrected chi connectivity index (χ3v) is 5.57. The van der Waals surface area contributed by atoms with E-state index < -0.39 is 17.6 Å². The number of rotatable bonds is 5. The first-order valence-corrected chi connectivity index (χ1v) is 10.2. The monoisotopic (exact) mass is 432 g/mol. The number of nitrogens with zero attached hydrogens (tertiary/aromatic N) is 2. The molecule has 0 spiro atoms. The van der Waals surface area contributed by atoms with Gasteiger partial charge in [0.25, 0.3) is 0 Å². The van der Waals surface area contributed by atoms with Crippen LogP contribution in [0.15, 0.2) is 42.5 Å². The van der Waals surface area contributed by atoms with Gasteiger partial charge in [-0.05, 0) is 37.7 Å². The molecule has 0 aliphatic carbocycles. The predicted molar refractivity (Wildman–Crippen MR) is 116 cm³/mol. The molecule has 1 aliphatic rings. The van der Waals surface area contributed by atoms with Gasteiger partial charge in [-0.2, -0.15) is 0 Å². The highest BCUT2D eigenvalue weighted by Gasteiger charge is 2.25. The first-order chi connectivity index (χ1) is 14.3. The van der Waals surface area contributed by atoms with Crippen molar-refractivity contribution < 1.29 is 14.0 Å². The first kappa shape index (κ1) is 22.2. The molecule has 1 aliphatic heterocycles. The van der Waals surface area contributed by atoms with Gasteiger partial charge in [-0.25, -0.2) is 4.39 Å². The Morgan fingerprint density at radius 2 is 1.73 bits per heavy atom. The smallest absolute Gasteiger partial charge is 0.313 e. The van der Waals surface area contributed by atoms with E-state index in [1.165, 1.54) is 12.1 Å². The number of piperazine rings is 1. The summed E-state index contributed by atoms with van der Waals surface area (Å²) in [6.07, 6.45) is 0. The Morgan fingerprint density at radius 1 is 1.07 bits per heavy atom. The standard InChI is InChI=1S/C22H26ClFN4O2/c1-15-3-5-16(6-4-15)20(28-11-9-27(2)10-12-28)14-25-21(29)22(30)26-17-7-8-19(24)18(23)13-17/h3-8,13,20H,9-12,14H2,1-2H3,(H,25,29)(H,26,30)/t20-/m0/s1. The predicted octanol–water partition coefficient (Wildman–Crippen LogP) is 2.83. The van der Waals surface area contributed by atoms with E-state index >= 15 is 0 Å². The Morgan fingerprint density at radius 3 is 2.37 bits per heavy atom. The van der Waals surface area contributed by atoms with Gasteiger partial charge in [-0.15, -0.1) is 0 Å². The lowest BCUT2D eigenvalue weighted by molar-refractivity contribution is -0.136. The number of nitrogens with one attached hydrogen (secondary N) is 2. The summed E-state index contributed by atoms with van der Waals surface area (Å²) in [5, 5.41) is 5.06. The van der Waals surface area contributed by atoms with Crippen molar-refractivity contribution in [2.75, 3.05) is 45.1 Å². The molecule has 160 valence electrons. The van der Waals surface area contributed by atoms with Crippen LogP contribution in [-0.4, -0.2) is 61.4 Å². The highest BCUT2D eigenvalue weighted by molar-refractivity contribution is 6.39. The molecule has 0 bridgehead atoms. The van der Waals surface area contributed by atoms with E-state index in [1.54, 1.807) is 0 Å². The topological polar surface area (TPSA) is 64.7 Å². The molecule has 2 aromatic carbocycles. The summed E-state index contributed by atoms with van der Waals surface area (Å²) in [6.45, 7) is 5.99. The lowest BCUT2D eigenvalue weighted by Gasteiger charge is -2.38. The maximum absolute atomic E-state index is 13.3.